The molecule has 72 valence electrons. The first kappa shape index (κ1) is 8.75. The molecule has 0 saturated heterocycles. The fourth-order valence-corrected chi connectivity index (χ4v) is 1.20. The second-order valence-electron chi connectivity index (χ2n) is 4.94. The van der Waals surface area contributed by atoms with E-state index < -0.39 is 0 Å². The minimum atomic E-state index is -0.247. The lowest BCUT2D eigenvalue weighted by Crippen LogP contribution is -2.20. The van der Waals surface area contributed by atoms with Crippen LogP contribution in [0.3, 0.4) is 0 Å². The summed E-state index contributed by atoms with van der Waals surface area (Å²) in [5.74, 6) is 0.706. The topological polar surface area (TPSA) is 52.0 Å². The number of nitrogens with zero attached hydrogens (tertiary/aromatic N) is 1. The van der Waals surface area contributed by atoms with Crippen molar-refractivity contribution in [2.75, 3.05) is 0 Å². The van der Waals surface area contributed by atoms with Gasteiger partial charge in [-0.25, -0.2) is 4.98 Å². The molecule has 0 aliphatic heterocycles. The fraction of sp³-hybridized carbons (Fsp3) is 0.700. The van der Waals surface area contributed by atoms with Crippen molar-refractivity contribution in [3.05, 3.63) is 17.8 Å². The maximum absolute atomic E-state index is 5.97. The van der Waals surface area contributed by atoms with Crippen molar-refractivity contribution in [1.29, 1.82) is 0 Å². The highest BCUT2D eigenvalue weighted by Crippen LogP contribution is 2.42. The van der Waals surface area contributed by atoms with Gasteiger partial charge >= 0.3 is 0 Å². The van der Waals surface area contributed by atoms with Crippen molar-refractivity contribution >= 4 is 0 Å². The van der Waals surface area contributed by atoms with Crippen molar-refractivity contribution in [3.8, 4) is 0 Å². The number of hydrogen-bond donors (Lipinski definition) is 1. The second kappa shape index (κ2) is 2.35. The lowest BCUT2D eigenvalue weighted by Gasteiger charge is -2.13. The molecule has 3 nitrogen and oxygen atoms in total. The average Bonchev–Trinajstić information content (AvgIpc) is 2.60. The van der Waals surface area contributed by atoms with E-state index in [9.17, 15) is 0 Å². The molecule has 0 amide bonds. The van der Waals surface area contributed by atoms with E-state index in [1.807, 2.05) is 0 Å². The first-order chi connectivity index (χ1) is 5.92. The van der Waals surface area contributed by atoms with Crippen molar-refractivity contribution in [3.63, 3.8) is 0 Å². The molecule has 1 aliphatic carbocycles. The highest BCUT2D eigenvalue weighted by molar-refractivity contribution is 5.17. The van der Waals surface area contributed by atoms with Gasteiger partial charge in [0.2, 0.25) is 5.89 Å². The van der Waals surface area contributed by atoms with Gasteiger partial charge in [-0.05, 0) is 12.8 Å². The summed E-state index contributed by atoms with van der Waals surface area (Å²) in [6.45, 7) is 6.35. The average molecular weight is 180 g/mol. The van der Waals surface area contributed by atoms with Gasteiger partial charge < -0.3 is 10.2 Å². The molecule has 1 aliphatic rings. The Kier molecular flexibility index (Phi) is 1.58. The summed E-state index contributed by atoms with van der Waals surface area (Å²) in [7, 11) is 0. The van der Waals surface area contributed by atoms with Gasteiger partial charge in [0.1, 0.15) is 6.26 Å². The summed E-state index contributed by atoms with van der Waals surface area (Å²) in [6, 6.07) is 0. The predicted molar refractivity (Wildman–Crippen MR) is 50.3 cm³/mol. The minimum absolute atomic E-state index is 0.0486. The summed E-state index contributed by atoms with van der Waals surface area (Å²) in [5, 5.41) is 0. The van der Waals surface area contributed by atoms with Crippen molar-refractivity contribution < 1.29 is 4.42 Å². The molecule has 3 heteroatoms. The molecule has 2 N–H and O–H groups in total. The van der Waals surface area contributed by atoms with E-state index >= 15 is 0 Å². The third-order valence-corrected chi connectivity index (χ3v) is 2.49. The third-order valence-electron chi connectivity index (χ3n) is 2.49. The quantitative estimate of drug-likeness (QED) is 0.718. The largest absolute Gasteiger partial charge is 0.447 e. The number of aromatic nitrogens is 1. The number of oxazole rings is 1. The third kappa shape index (κ3) is 1.48. The number of hydrogen-bond acceptors (Lipinski definition) is 3. The van der Waals surface area contributed by atoms with E-state index in [2.05, 4.69) is 25.8 Å². The van der Waals surface area contributed by atoms with Crippen LogP contribution >= 0.6 is 0 Å². The summed E-state index contributed by atoms with van der Waals surface area (Å²) in [6.07, 6.45) is 3.72. The molecule has 1 aromatic heterocycles. The second-order valence-corrected chi connectivity index (χ2v) is 4.94. The van der Waals surface area contributed by atoms with E-state index in [1.54, 1.807) is 6.26 Å². The molecule has 2 rings (SSSR count). The summed E-state index contributed by atoms with van der Waals surface area (Å²) in [4.78, 5) is 4.42. The lowest BCUT2D eigenvalue weighted by atomic mass is 9.93. The van der Waals surface area contributed by atoms with Crippen LogP contribution in [0.1, 0.15) is 45.2 Å². The van der Waals surface area contributed by atoms with Gasteiger partial charge in [0.25, 0.3) is 0 Å². The standard InChI is InChI=1S/C10H16N2O/c1-9(2,3)7-6-13-8(12-7)10(11)4-5-10/h6H,4-5,11H2,1-3H3. The van der Waals surface area contributed by atoms with Crippen LogP contribution < -0.4 is 5.73 Å². The first-order valence-electron chi connectivity index (χ1n) is 4.67. The zero-order valence-electron chi connectivity index (χ0n) is 8.42. The maximum atomic E-state index is 5.97. The number of nitrogens with two attached hydrogens (primary N) is 1. The molecule has 0 atom stereocenters. The van der Waals surface area contributed by atoms with Crippen LogP contribution in [0.2, 0.25) is 0 Å². The highest BCUT2D eigenvalue weighted by atomic mass is 16.3. The normalized spacial score (nSPS) is 20.3. The molecule has 1 saturated carbocycles. The van der Waals surface area contributed by atoms with E-state index in [0.29, 0.717) is 5.89 Å². The molecule has 0 spiro atoms. The highest BCUT2D eigenvalue weighted by Gasteiger charge is 2.45. The van der Waals surface area contributed by atoms with Gasteiger partial charge in [0.15, 0.2) is 0 Å². The van der Waals surface area contributed by atoms with Crippen molar-refractivity contribution in [1.82, 2.24) is 4.98 Å². The van der Waals surface area contributed by atoms with Crippen LogP contribution in [0.4, 0.5) is 0 Å². The first-order valence-corrected chi connectivity index (χ1v) is 4.67. The Morgan fingerprint density at radius 2 is 2.08 bits per heavy atom. The SMILES string of the molecule is CC(C)(C)c1coc(C2(N)CC2)n1. The predicted octanol–water partition coefficient (Wildman–Crippen LogP) is 1.92. The number of rotatable bonds is 1. The van der Waals surface area contributed by atoms with Gasteiger partial charge in [-0.2, -0.15) is 0 Å². The van der Waals surface area contributed by atoms with Crippen LogP contribution in [0.5, 0.6) is 0 Å². The molecule has 1 fully saturated rings. The van der Waals surface area contributed by atoms with Crippen LogP contribution in [0.15, 0.2) is 10.7 Å². The lowest BCUT2D eigenvalue weighted by molar-refractivity contribution is 0.439. The summed E-state index contributed by atoms with van der Waals surface area (Å²) in [5.41, 5.74) is 6.76. The van der Waals surface area contributed by atoms with Gasteiger partial charge in [0, 0.05) is 5.41 Å². The van der Waals surface area contributed by atoms with Gasteiger partial charge in [-0.15, -0.1) is 0 Å². The van der Waals surface area contributed by atoms with Gasteiger partial charge in [-0.3, -0.25) is 0 Å². The van der Waals surface area contributed by atoms with Gasteiger partial charge in [0.05, 0.1) is 11.2 Å². The Balaban J connectivity index is 2.29. The molecule has 0 radical (unpaired) electrons. The van der Waals surface area contributed by atoms with Crippen molar-refractivity contribution in [2.45, 2.75) is 44.6 Å². The zero-order chi connectivity index (χ0) is 9.69. The van der Waals surface area contributed by atoms with Crippen LogP contribution in [0.25, 0.3) is 0 Å². The minimum Gasteiger partial charge on any atom is -0.447 e. The Morgan fingerprint density at radius 1 is 1.46 bits per heavy atom. The summed E-state index contributed by atoms with van der Waals surface area (Å²) < 4.78 is 5.38. The molecule has 0 bridgehead atoms. The zero-order valence-corrected chi connectivity index (χ0v) is 8.42. The molecule has 0 unspecified atom stereocenters. The molecule has 0 aromatic carbocycles. The molecular formula is C10H16N2O. The Bertz CT molecular complexity index is 298. The van der Waals surface area contributed by atoms with E-state index in [4.69, 9.17) is 10.2 Å². The summed E-state index contributed by atoms with van der Waals surface area (Å²) >= 11 is 0. The van der Waals surface area contributed by atoms with Crippen LogP contribution in [0, 0.1) is 0 Å². The van der Waals surface area contributed by atoms with Crippen LogP contribution in [-0.2, 0) is 11.0 Å². The smallest absolute Gasteiger partial charge is 0.214 e. The van der Waals surface area contributed by atoms with E-state index in [1.165, 1.54) is 0 Å². The van der Waals surface area contributed by atoms with Gasteiger partial charge in [-0.1, -0.05) is 20.8 Å². The Hall–Kier alpha value is -0.830. The molecule has 1 aromatic rings. The van der Waals surface area contributed by atoms with E-state index in [-0.39, 0.29) is 11.0 Å². The maximum Gasteiger partial charge on any atom is 0.214 e. The Morgan fingerprint density at radius 3 is 2.46 bits per heavy atom. The van der Waals surface area contributed by atoms with E-state index in [0.717, 1.165) is 18.5 Å². The van der Waals surface area contributed by atoms with Crippen molar-refractivity contribution in [2.24, 2.45) is 5.73 Å². The molecular weight excluding hydrogens is 164 g/mol. The van der Waals surface area contributed by atoms with Crippen LogP contribution in [-0.4, -0.2) is 4.98 Å². The monoisotopic (exact) mass is 180 g/mol. The molecule has 13 heavy (non-hydrogen) atoms. The fourth-order valence-electron chi connectivity index (χ4n) is 1.20. The molecule has 1 heterocycles. The Labute approximate surface area is 78.3 Å².